The van der Waals surface area contributed by atoms with Crippen LogP contribution in [0.4, 0.5) is 20.7 Å². The summed E-state index contributed by atoms with van der Waals surface area (Å²) < 4.78 is 19.9. The Balaban J connectivity index is 1.61. The van der Waals surface area contributed by atoms with Gasteiger partial charge in [0.25, 0.3) is 0 Å². The van der Waals surface area contributed by atoms with E-state index >= 15 is 0 Å². The number of amides is 1. The first-order valence-corrected chi connectivity index (χ1v) is 10.6. The second-order valence-corrected chi connectivity index (χ2v) is 9.46. The summed E-state index contributed by atoms with van der Waals surface area (Å²) >= 11 is 11.8. The number of β-amino-alcohol motifs (C(OH)–C–C–N with tert-alkyl or cyclic N) is 1. The van der Waals surface area contributed by atoms with Gasteiger partial charge in [0, 0.05) is 5.39 Å². The van der Waals surface area contributed by atoms with E-state index in [-0.39, 0.29) is 28.8 Å². The highest BCUT2D eigenvalue weighted by Gasteiger charge is 2.46. The zero-order valence-electron chi connectivity index (χ0n) is 17.6. The lowest BCUT2D eigenvalue weighted by molar-refractivity contribution is -0.103. The van der Waals surface area contributed by atoms with Crippen LogP contribution in [0.15, 0.2) is 36.7 Å². The van der Waals surface area contributed by atoms with Gasteiger partial charge in [-0.05, 0) is 50.6 Å². The fraction of sp³-hybridized carbons (Fsp3) is 0.318. The summed E-state index contributed by atoms with van der Waals surface area (Å²) in [6, 6.07) is 8.13. The van der Waals surface area contributed by atoms with Crippen LogP contribution in [0.2, 0.25) is 10.0 Å². The van der Waals surface area contributed by atoms with Crippen LogP contribution in [0.5, 0.6) is 0 Å². The van der Waals surface area contributed by atoms with Crippen LogP contribution < -0.4 is 5.32 Å². The predicted molar refractivity (Wildman–Crippen MR) is 121 cm³/mol. The molecule has 0 saturated carbocycles. The van der Waals surface area contributed by atoms with Gasteiger partial charge in [0.15, 0.2) is 5.82 Å². The molecule has 32 heavy (non-hydrogen) atoms. The third-order valence-electron chi connectivity index (χ3n) is 5.02. The van der Waals surface area contributed by atoms with Crippen LogP contribution >= 0.6 is 23.2 Å². The van der Waals surface area contributed by atoms with Crippen molar-refractivity contribution in [3.63, 3.8) is 0 Å². The van der Waals surface area contributed by atoms with Crippen LogP contribution in [-0.4, -0.2) is 44.8 Å². The van der Waals surface area contributed by atoms with Crippen LogP contribution in [0.1, 0.15) is 26.3 Å². The number of ether oxygens (including phenoxy) is 1. The Hall–Kier alpha value is -2.68. The minimum atomic E-state index is -1.24. The third kappa shape index (κ3) is 4.30. The molecule has 1 saturated heterocycles. The molecule has 1 fully saturated rings. The second-order valence-electron chi connectivity index (χ2n) is 8.67. The van der Waals surface area contributed by atoms with Crippen molar-refractivity contribution < 1.29 is 19.0 Å². The number of hydrogen-bond acceptors (Lipinski definition) is 6. The molecule has 1 aromatic heterocycles. The normalized spacial score (nSPS) is 15.4. The highest BCUT2D eigenvalue weighted by atomic mass is 35.5. The quantitative estimate of drug-likeness (QED) is 0.499. The Morgan fingerprint density at radius 2 is 1.94 bits per heavy atom. The molecule has 2 heterocycles. The zero-order valence-corrected chi connectivity index (χ0v) is 19.1. The highest BCUT2D eigenvalue weighted by molar-refractivity contribution is 6.42. The van der Waals surface area contributed by atoms with Crippen molar-refractivity contribution in [2.24, 2.45) is 0 Å². The first-order chi connectivity index (χ1) is 15.0. The van der Waals surface area contributed by atoms with Crippen molar-refractivity contribution in [1.29, 1.82) is 0 Å². The van der Waals surface area contributed by atoms with Crippen LogP contribution in [0.3, 0.4) is 0 Å². The maximum atomic E-state index is 14.5. The van der Waals surface area contributed by atoms with Gasteiger partial charge in [-0.1, -0.05) is 29.3 Å². The minimum Gasteiger partial charge on any atom is -0.444 e. The number of rotatable bonds is 3. The summed E-state index contributed by atoms with van der Waals surface area (Å²) in [5, 5.41) is 14.4. The Bertz CT molecular complexity index is 1210. The summed E-state index contributed by atoms with van der Waals surface area (Å²) in [4.78, 5) is 22.1. The number of fused-ring (bicyclic) bond motifs is 1. The summed E-state index contributed by atoms with van der Waals surface area (Å²) in [6.45, 7) is 5.53. The van der Waals surface area contributed by atoms with E-state index in [1.165, 1.54) is 23.4 Å². The van der Waals surface area contributed by atoms with E-state index < -0.39 is 23.1 Å². The number of aliphatic hydroxyl groups is 1. The number of carbonyl (C=O) groups is 1. The molecule has 1 amide bonds. The number of nitrogens with zero attached hydrogens (tertiary/aromatic N) is 3. The molecule has 0 bridgehead atoms. The topological polar surface area (TPSA) is 87.6 Å². The van der Waals surface area contributed by atoms with Gasteiger partial charge < -0.3 is 20.1 Å². The molecule has 10 heteroatoms. The van der Waals surface area contributed by atoms with Gasteiger partial charge >= 0.3 is 6.09 Å². The van der Waals surface area contributed by atoms with Crippen molar-refractivity contribution in [3.05, 3.63) is 58.1 Å². The van der Waals surface area contributed by atoms with Crippen molar-refractivity contribution in [2.45, 2.75) is 32.0 Å². The average molecular weight is 479 g/mol. The Morgan fingerprint density at radius 1 is 1.22 bits per heavy atom. The lowest BCUT2D eigenvalue weighted by atomic mass is 9.86. The number of anilines is 2. The molecule has 168 valence electrons. The molecule has 0 spiro atoms. The Kier molecular flexibility index (Phi) is 5.65. The molecule has 0 atom stereocenters. The van der Waals surface area contributed by atoms with E-state index in [0.717, 1.165) is 0 Å². The Labute approximate surface area is 194 Å². The van der Waals surface area contributed by atoms with E-state index in [1.807, 2.05) is 0 Å². The van der Waals surface area contributed by atoms with E-state index in [9.17, 15) is 14.3 Å². The minimum absolute atomic E-state index is 0.0886. The fourth-order valence-corrected chi connectivity index (χ4v) is 3.73. The number of hydrogen-bond donors (Lipinski definition) is 2. The molecule has 0 aliphatic carbocycles. The molecule has 1 aliphatic heterocycles. The highest BCUT2D eigenvalue weighted by Crippen LogP contribution is 2.36. The SMILES string of the molecule is CC(C)(C)OC(=O)N1CC(O)(c2ccc3ncnc(Nc4ccc(Cl)c(Cl)c4F)c3c2)C1. The largest absolute Gasteiger partial charge is 0.444 e. The fourth-order valence-electron chi connectivity index (χ4n) is 3.42. The van der Waals surface area contributed by atoms with Gasteiger partial charge in [-0.15, -0.1) is 0 Å². The summed E-state index contributed by atoms with van der Waals surface area (Å²) in [5.41, 5.74) is -0.586. The van der Waals surface area contributed by atoms with Gasteiger partial charge in [-0.25, -0.2) is 19.2 Å². The van der Waals surface area contributed by atoms with Gasteiger partial charge in [0.05, 0.1) is 34.3 Å². The molecular formula is C22H21Cl2FN4O3. The van der Waals surface area contributed by atoms with Crippen LogP contribution in [0.25, 0.3) is 10.9 Å². The number of aromatic nitrogens is 2. The lowest BCUT2D eigenvalue weighted by Gasteiger charge is -2.46. The van der Waals surface area contributed by atoms with E-state index in [0.29, 0.717) is 22.3 Å². The number of benzene rings is 2. The third-order valence-corrected chi connectivity index (χ3v) is 5.80. The van der Waals surface area contributed by atoms with Gasteiger partial charge in [0.2, 0.25) is 0 Å². The molecule has 4 rings (SSSR count). The zero-order chi connectivity index (χ0) is 23.3. The molecular weight excluding hydrogens is 458 g/mol. The van der Waals surface area contributed by atoms with E-state index in [2.05, 4.69) is 15.3 Å². The smallest absolute Gasteiger partial charge is 0.410 e. The van der Waals surface area contributed by atoms with E-state index in [4.69, 9.17) is 27.9 Å². The second kappa shape index (κ2) is 8.03. The summed E-state index contributed by atoms with van der Waals surface area (Å²) in [7, 11) is 0. The molecule has 7 nitrogen and oxygen atoms in total. The van der Waals surface area contributed by atoms with Crippen molar-refractivity contribution in [2.75, 3.05) is 18.4 Å². The van der Waals surface area contributed by atoms with Crippen LogP contribution in [0, 0.1) is 5.82 Å². The van der Waals surface area contributed by atoms with Crippen molar-refractivity contribution >= 4 is 51.7 Å². The predicted octanol–water partition coefficient (Wildman–Crippen LogP) is 5.26. The molecule has 0 radical (unpaired) electrons. The lowest BCUT2D eigenvalue weighted by Crippen LogP contribution is -2.61. The molecule has 2 aromatic carbocycles. The number of halogens is 3. The number of nitrogens with one attached hydrogen (secondary N) is 1. The maximum absolute atomic E-state index is 14.5. The van der Waals surface area contributed by atoms with Crippen molar-refractivity contribution in [3.8, 4) is 0 Å². The standard InChI is InChI=1S/C22H21Cl2FN4O3/c1-21(2,3)32-20(30)29-9-22(31,10-29)12-4-6-15-13(8-12)19(27-11-26-15)28-16-7-5-14(23)17(24)18(16)25/h4-8,11,31H,9-10H2,1-3H3,(H,26,27,28). The van der Waals surface area contributed by atoms with Gasteiger partial charge in [-0.2, -0.15) is 0 Å². The molecule has 2 N–H and O–H groups in total. The monoisotopic (exact) mass is 478 g/mol. The first-order valence-electron chi connectivity index (χ1n) is 9.83. The molecule has 3 aromatic rings. The van der Waals surface area contributed by atoms with Gasteiger partial charge in [-0.3, -0.25) is 0 Å². The van der Waals surface area contributed by atoms with E-state index in [1.54, 1.807) is 39.0 Å². The summed E-state index contributed by atoms with van der Waals surface area (Å²) in [6.07, 6.45) is 0.867. The van der Waals surface area contributed by atoms with Gasteiger partial charge in [0.1, 0.15) is 23.3 Å². The molecule has 0 unspecified atom stereocenters. The molecule has 1 aliphatic rings. The number of likely N-dealkylation sites (tertiary alicyclic amines) is 1. The Morgan fingerprint density at radius 3 is 2.62 bits per heavy atom. The van der Waals surface area contributed by atoms with Crippen molar-refractivity contribution in [1.82, 2.24) is 14.9 Å². The first kappa shape index (κ1) is 22.5. The number of carbonyl (C=O) groups excluding carboxylic acids is 1. The average Bonchev–Trinajstić information content (AvgIpc) is 2.70. The summed E-state index contributed by atoms with van der Waals surface area (Å²) in [5.74, 6) is -0.367. The maximum Gasteiger partial charge on any atom is 0.410 e. The van der Waals surface area contributed by atoms with Crippen LogP contribution in [-0.2, 0) is 10.3 Å².